The molecule has 3 amide bonds. The molecule has 2 saturated heterocycles. The molecule has 2 aliphatic rings. The highest BCUT2D eigenvalue weighted by Crippen LogP contribution is 2.25. The van der Waals surface area contributed by atoms with Crippen molar-refractivity contribution >= 4 is 17.9 Å². The Kier molecular flexibility index (Phi) is 8.38. The second-order valence-corrected chi connectivity index (χ2v) is 8.52. The maximum atomic E-state index is 12.7. The van der Waals surface area contributed by atoms with Crippen LogP contribution < -0.4 is 5.32 Å². The largest absolute Gasteiger partial charge is 0.481 e. The predicted octanol–water partition coefficient (Wildman–Crippen LogP) is 2.56. The summed E-state index contributed by atoms with van der Waals surface area (Å²) in [5.41, 5.74) is 0. The summed E-state index contributed by atoms with van der Waals surface area (Å²) in [6, 6.07) is -0.0208. The van der Waals surface area contributed by atoms with Crippen LogP contribution in [-0.2, 0) is 9.59 Å². The van der Waals surface area contributed by atoms with E-state index in [9.17, 15) is 14.4 Å². The molecule has 2 fully saturated rings. The SMILES string of the molecule is CC(C)CNC(=O)N1CCCC(CC(=O)N2CCCC(CCC(=O)O)C2)C1. The van der Waals surface area contributed by atoms with Crippen LogP contribution >= 0.6 is 0 Å². The number of hydrogen-bond donors (Lipinski definition) is 2. The fourth-order valence-corrected chi connectivity index (χ4v) is 4.05. The first-order valence-corrected chi connectivity index (χ1v) is 10.4. The van der Waals surface area contributed by atoms with Gasteiger partial charge < -0.3 is 20.2 Å². The summed E-state index contributed by atoms with van der Waals surface area (Å²) in [5.74, 6) is 0.323. The van der Waals surface area contributed by atoms with Gasteiger partial charge in [0, 0.05) is 45.6 Å². The molecule has 27 heavy (non-hydrogen) atoms. The summed E-state index contributed by atoms with van der Waals surface area (Å²) in [5, 5.41) is 11.8. The normalized spacial score (nSPS) is 23.4. The van der Waals surface area contributed by atoms with Crippen LogP contribution in [0.4, 0.5) is 4.79 Å². The van der Waals surface area contributed by atoms with E-state index in [0.29, 0.717) is 44.3 Å². The number of carboxylic acids is 1. The highest BCUT2D eigenvalue weighted by molar-refractivity contribution is 5.77. The molecule has 0 spiro atoms. The van der Waals surface area contributed by atoms with Crippen LogP contribution in [0.2, 0.25) is 0 Å². The summed E-state index contributed by atoms with van der Waals surface area (Å²) in [4.78, 5) is 39.5. The molecule has 2 heterocycles. The zero-order valence-corrected chi connectivity index (χ0v) is 16.8. The minimum absolute atomic E-state index is 0.0208. The van der Waals surface area contributed by atoms with Crippen molar-refractivity contribution in [2.75, 3.05) is 32.7 Å². The molecule has 0 aromatic carbocycles. The standard InChI is InChI=1S/C20H35N3O4/c1-15(2)12-21-20(27)23-10-4-6-17(14-23)11-18(24)22-9-3-5-16(13-22)7-8-19(25)26/h15-17H,3-14H2,1-2H3,(H,21,27)(H,25,26). The number of carbonyl (C=O) groups is 3. The van der Waals surface area contributed by atoms with Crippen LogP contribution in [0.15, 0.2) is 0 Å². The smallest absolute Gasteiger partial charge is 0.317 e. The molecular weight excluding hydrogens is 346 g/mol. The molecule has 2 atom stereocenters. The molecule has 154 valence electrons. The Morgan fingerprint density at radius 2 is 1.67 bits per heavy atom. The number of piperidine rings is 2. The third kappa shape index (κ3) is 7.39. The second kappa shape index (κ2) is 10.5. The number of urea groups is 1. The number of nitrogens with zero attached hydrogens (tertiary/aromatic N) is 2. The third-order valence-electron chi connectivity index (χ3n) is 5.57. The highest BCUT2D eigenvalue weighted by Gasteiger charge is 2.29. The van der Waals surface area contributed by atoms with E-state index >= 15 is 0 Å². The summed E-state index contributed by atoms with van der Waals surface area (Å²) in [7, 11) is 0. The molecule has 0 saturated carbocycles. The van der Waals surface area contributed by atoms with E-state index in [2.05, 4.69) is 19.2 Å². The first-order valence-electron chi connectivity index (χ1n) is 10.4. The van der Waals surface area contributed by atoms with Crippen LogP contribution in [0.1, 0.15) is 58.8 Å². The number of carbonyl (C=O) groups excluding carboxylic acids is 2. The van der Waals surface area contributed by atoms with E-state index < -0.39 is 5.97 Å². The zero-order chi connectivity index (χ0) is 19.8. The van der Waals surface area contributed by atoms with Crippen molar-refractivity contribution < 1.29 is 19.5 Å². The van der Waals surface area contributed by atoms with Gasteiger partial charge in [-0.15, -0.1) is 0 Å². The first kappa shape index (κ1) is 21.5. The zero-order valence-electron chi connectivity index (χ0n) is 16.8. The van der Waals surface area contributed by atoms with Gasteiger partial charge in [0.05, 0.1) is 0 Å². The van der Waals surface area contributed by atoms with Crippen molar-refractivity contribution in [3.8, 4) is 0 Å². The highest BCUT2D eigenvalue weighted by atomic mass is 16.4. The van der Waals surface area contributed by atoms with Crippen LogP contribution in [0.3, 0.4) is 0 Å². The number of nitrogens with one attached hydrogen (secondary N) is 1. The van der Waals surface area contributed by atoms with E-state index in [1.165, 1.54) is 0 Å². The molecule has 2 unspecified atom stereocenters. The predicted molar refractivity (Wildman–Crippen MR) is 103 cm³/mol. The van der Waals surface area contributed by atoms with E-state index in [-0.39, 0.29) is 24.3 Å². The second-order valence-electron chi connectivity index (χ2n) is 8.52. The van der Waals surface area contributed by atoms with Gasteiger partial charge in [-0.1, -0.05) is 13.8 Å². The van der Waals surface area contributed by atoms with Gasteiger partial charge in [-0.25, -0.2) is 4.79 Å². The van der Waals surface area contributed by atoms with Gasteiger partial charge >= 0.3 is 12.0 Å². The monoisotopic (exact) mass is 381 g/mol. The minimum Gasteiger partial charge on any atom is -0.481 e. The molecular formula is C20H35N3O4. The number of likely N-dealkylation sites (tertiary alicyclic amines) is 2. The first-order chi connectivity index (χ1) is 12.8. The molecule has 2 N–H and O–H groups in total. The lowest BCUT2D eigenvalue weighted by atomic mass is 9.91. The van der Waals surface area contributed by atoms with E-state index in [4.69, 9.17) is 5.11 Å². The van der Waals surface area contributed by atoms with Gasteiger partial charge in [0.1, 0.15) is 0 Å². The molecule has 2 aliphatic heterocycles. The Morgan fingerprint density at radius 1 is 1.04 bits per heavy atom. The lowest BCUT2D eigenvalue weighted by molar-refractivity contribution is -0.137. The van der Waals surface area contributed by atoms with Crippen molar-refractivity contribution in [2.24, 2.45) is 17.8 Å². The average molecular weight is 382 g/mol. The topological polar surface area (TPSA) is 90.0 Å². The molecule has 0 aromatic heterocycles. The summed E-state index contributed by atoms with van der Waals surface area (Å²) < 4.78 is 0. The van der Waals surface area contributed by atoms with Gasteiger partial charge in [-0.3, -0.25) is 9.59 Å². The Bertz CT molecular complexity index is 523. The number of carboxylic acid groups (broad SMARTS) is 1. The molecule has 7 heteroatoms. The van der Waals surface area contributed by atoms with Crippen LogP contribution in [-0.4, -0.2) is 65.5 Å². The van der Waals surface area contributed by atoms with Gasteiger partial charge in [-0.2, -0.15) is 0 Å². The van der Waals surface area contributed by atoms with E-state index in [1.54, 1.807) is 0 Å². The third-order valence-corrected chi connectivity index (χ3v) is 5.57. The van der Waals surface area contributed by atoms with Crippen molar-refractivity contribution in [2.45, 2.75) is 58.8 Å². The van der Waals surface area contributed by atoms with Gasteiger partial charge in [0.15, 0.2) is 0 Å². The van der Waals surface area contributed by atoms with E-state index in [1.807, 2.05) is 9.80 Å². The Labute approximate surface area is 162 Å². The maximum Gasteiger partial charge on any atom is 0.317 e. The fourth-order valence-electron chi connectivity index (χ4n) is 4.05. The van der Waals surface area contributed by atoms with Crippen LogP contribution in [0, 0.1) is 17.8 Å². The number of rotatable bonds is 7. The van der Waals surface area contributed by atoms with Crippen LogP contribution in [0.5, 0.6) is 0 Å². The molecule has 0 bridgehead atoms. The summed E-state index contributed by atoms with van der Waals surface area (Å²) >= 11 is 0. The molecule has 2 rings (SSSR count). The maximum absolute atomic E-state index is 12.7. The Balaban J connectivity index is 1.78. The van der Waals surface area contributed by atoms with Crippen LogP contribution in [0.25, 0.3) is 0 Å². The van der Waals surface area contributed by atoms with Gasteiger partial charge in [0.25, 0.3) is 0 Å². The minimum atomic E-state index is -0.767. The van der Waals surface area contributed by atoms with Crippen molar-refractivity contribution in [3.05, 3.63) is 0 Å². The molecule has 0 aromatic rings. The molecule has 0 radical (unpaired) electrons. The van der Waals surface area contributed by atoms with Crippen molar-refractivity contribution in [1.29, 1.82) is 0 Å². The van der Waals surface area contributed by atoms with E-state index in [0.717, 1.165) is 38.8 Å². The average Bonchev–Trinajstić information content (AvgIpc) is 2.64. The number of hydrogen-bond acceptors (Lipinski definition) is 3. The lowest BCUT2D eigenvalue weighted by Gasteiger charge is -2.36. The summed E-state index contributed by atoms with van der Waals surface area (Å²) in [6.07, 6.45) is 5.18. The lowest BCUT2D eigenvalue weighted by Crippen LogP contribution is -2.47. The number of amides is 3. The van der Waals surface area contributed by atoms with Gasteiger partial charge in [-0.05, 0) is 49.9 Å². The number of aliphatic carboxylic acids is 1. The Hall–Kier alpha value is -1.79. The Morgan fingerprint density at radius 3 is 2.33 bits per heavy atom. The molecule has 0 aliphatic carbocycles. The fraction of sp³-hybridized carbons (Fsp3) is 0.850. The molecule has 7 nitrogen and oxygen atoms in total. The van der Waals surface area contributed by atoms with Gasteiger partial charge in [0.2, 0.25) is 5.91 Å². The quantitative estimate of drug-likeness (QED) is 0.709. The summed E-state index contributed by atoms with van der Waals surface area (Å²) in [6.45, 7) is 7.66. The van der Waals surface area contributed by atoms with Crippen molar-refractivity contribution in [3.63, 3.8) is 0 Å². The van der Waals surface area contributed by atoms with Crippen molar-refractivity contribution in [1.82, 2.24) is 15.1 Å².